The summed E-state index contributed by atoms with van der Waals surface area (Å²) in [7, 11) is 1.47. The van der Waals surface area contributed by atoms with Crippen LogP contribution in [0.3, 0.4) is 0 Å². The molecule has 1 rings (SSSR count). The van der Waals surface area contributed by atoms with E-state index in [4.69, 9.17) is 16.3 Å². The molecule has 0 unspecified atom stereocenters. The van der Waals surface area contributed by atoms with Gasteiger partial charge < -0.3 is 15.4 Å². The van der Waals surface area contributed by atoms with E-state index >= 15 is 0 Å². The number of carbonyl (C=O) groups excluding carboxylic acids is 2. The van der Waals surface area contributed by atoms with E-state index in [1.807, 2.05) is 13.8 Å². The fraction of sp³-hybridized carbons (Fsp3) is 0.556. The van der Waals surface area contributed by atoms with E-state index in [0.717, 1.165) is 6.42 Å². The smallest absolute Gasteiger partial charge is 0.255 e. The molecule has 1 aromatic rings. The summed E-state index contributed by atoms with van der Waals surface area (Å²) >= 11 is 6.17. The number of amides is 2. The summed E-state index contributed by atoms with van der Waals surface area (Å²) in [6.07, 6.45) is 0.811. The van der Waals surface area contributed by atoms with Crippen LogP contribution in [0.2, 0.25) is 5.02 Å². The van der Waals surface area contributed by atoms with Crippen LogP contribution >= 0.6 is 11.6 Å². The number of nitrogens with one attached hydrogen (secondary N) is 2. The largest absolute Gasteiger partial charge is 0.496 e. The summed E-state index contributed by atoms with van der Waals surface area (Å²) in [5, 5.41) is 5.92. The zero-order chi connectivity index (χ0) is 18.7. The van der Waals surface area contributed by atoms with E-state index in [1.54, 1.807) is 6.07 Å². The van der Waals surface area contributed by atoms with Gasteiger partial charge in [-0.05, 0) is 31.7 Å². The van der Waals surface area contributed by atoms with Crippen molar-refractivity contribution in [3.05, 3.63) is 22.7 Å². The predicted molar refractivity (Wildman–Crippen MR) is 97.9 cm³/mol. The fourth-order valence-electron chi connectivity index (χ4n) is 2.93. The van der Waals surface area contributed by atoms with Gasteiger partial charge in [-0.25, -0.2) is 0 Å². The highest BCUT2D eigenvalue weighted by atomic mass is 35.5. The van der Waals surface area contributed by atoms with Crippen molar-refractivity contribution in [2.45, 2.75) is 53.5 Å². The lowest BCUT2D eigenvalue weighted by Gasteiger charge is -2.33. The molecule has 0 aliphatic heterocycles. The molecule has 0 aliphatic rings. The maximum Gasteiger partial charge on any atom is 0.255 e. The molecule has 0 bridgehead atoms. The number of carbonyl (C=O) groups is 2. The van der Waals surface area contributed by atoms with Gasteiger partial charge >= 0.3 is 0 Å². The Labute approximate surface area is 149 Å². The Morgan fingerprint density at radius 3 is 2.21 bits per heavy atom. The molecule has 0 saturated carbocycles. The van der Waals surface area contributed by atoms with Gasteiger partial charge in [-0.2, -0.15) is 0 Å². The van der Waals surface area contributed by atoms with Gasteiger partial charge in [0.15, 0.2) is 0 Å². The van der Waals surface area contributed by atoms with Crippen LogP contribution in [0, 0.1) is 5.41 Å². The molecule has 0 fully saturated rings. The van der Waals surface area contributed by atoms with Crippen molar-refractivity contribution in [2.24, 2.45) is 5.41 Å². The number of anilines is 1. The summed E-state index contributed by atoms with van der Waals surface area (Å²) in [6.45, 7) is 11.7. The first-order chi connectivity index (χ1) is 10.8. The molecule has 0 saturated heterocycles. The molecule has 0 heterocycles. The van der Waals surface area contributed by atoms with Gasteiger partial charge in [0.2, 0.25) is 5.91 Å². The lowest BCUT2D eigenvalue weighted by molar-refractivity contribution is -0.114. The Morgan fingerprint density at radius 2 is 1.75 bits per heavy atom. The fourth-order valence-corrected chi connectivity index (χ4v) is 3.14. The molecule has 2 amide bonds. The molecule has 0 atom stereocenters. The minimum absolute atomic E-state index is 0.0772. The van der Waals surface area contributed by atoms with E-state index in [2.05, 4.69) is 31.4 Å². The van der Waals surface area contributed by atoms with Crippen molar-refractivity contribution < 1.29 is 14.3 Å². The molecule has 6 heteroatoms. The van der Waals surface area contributed by atoms with Gasteiger partial charge in [0, 0.05) is 18.5 Å². The summed E-state index contributed by atoms with van der Waals surface area (Å²) < 4.78 is 5.29. The standard InChI is InChI=1S/C18H27ClN2O3/c1-11(22)20-14-9-15(24-7)12(8-13(14)19)16(23)21-18(5,6)10-17(2,3)4/h8-9H,10H2,1-7H3,(H,20,22)(H,21,23). The van der Waals surface area contributed by atoms with Gasteiger partial charge in [0.05, 0.1) is 23.4 Å². The van der Waals surface area contributed by atoms with Gasteiger partial charge in [0.1, 0.15) is 5.75 Å². The van der Waals surface area contributed by atoms with Gasteiger partial charge in [-0.15, -0.1) is 0 Å². The highest BCUT2D eigenvalue weighted by Gasteiger charge is 2.28. The van der Waals surface area contributed by atoms with E-state index in [-0.39, 0.29) is 27.8 Å². The number of rotatable bonds is 5. The number of hydrogen-bond donors (Lipinski definition) is 2. The first-order valence-corrected chi connectivity index (χ1v) is 8.20. The molecule has 134 valence electrons. The maximum absolute atomic E-state index is 12.7. The zero-order valence-electron chi connectivity index (χ0n) is 15.5. The van der Waals surface area contributed by atoms with E-state index in [0.29, 0.717) is 17.0 Å². The van der Waals surface area contributed by atoms with E-state index in [1.165, 1.54) is 20.1 Å². The van der Waals surface area contributed by atoms with Crippen molar-refractivity contribution in [1.29, 1.82) is 0 Å². The van der Waals surface area contributed by atoms with Crippen LogP contribution in [-0.2, 0) is 4.79 Å². The number of methoxy groups -OCH3 is 1. The van der Waals surface area contributed by atoms with Crippen LogP contribution in [0.1, 0.15) is 58.3 Å². The number of ether oxygens (including phenoxy) is 1. The zero-order valence-corrected chi connectivity index (χ0v) is 16.2. The molecule has 0 aliphatic carbocycles. The lowest BCUT2D eigenvalue weighted by Crippen LogP contribution is -2.45. The summed E-state index contributed by atoms with van der Waals surface area (Å²) in [5.41, 5.74) is 0.432. The van der Waals surface area contributed by atoms with Gasteiger partial charge in [-0.1, -0.05) is 32.4 Å². The van der Waals surface area contributed by atoms with E-state index in [9.17, 15) is 9.59 Å². The molecule has 0 spiro atoms. The van der Waals surface area contributed by atoms with Crippen LogP contribution in [0.25, 0.3) is 0 Å². The molecule has 2 N–H and O–H groups in total. The lowest BCUT2D eigenvalue weighted by atomic mass is 9.81. The Hall–Kier alpha value is -1.75. The second kappa shape index (κ2) is 7.43. The Balaban J connectivity index is 3.10. The molecular formula is C18H27ClN2O3. The molecule has 0 radical (unpaired) electrons. The topological polar surface area (TPSA) is 67.4 Å². The van der Waals surface area contributed by atoms with Gasteiger partial charge in [0.25, 0.3) is 5.91 Å². The summed E-state index contributed by atoms with van der Waals surface area (Å²) in [5.74, 6) is -0.160. The Kier molecular flexibility index (Phi) is 6.28. The maximum atomic E-state index is 12.7. The third kappa shape index (κ3) is 6.04. The third-order valence-corrected chi connectivity index (χ3v) is 3.58. The number of halogens is 1. The first kappa shape index (κ1) is 20.3. The van der Waals surface area contributed by atoms with Crippen LogP contribution < -0.4 is 15.4 Å². The van der Waals surface area contributed by atoms with Crippen molar-refractivity contribution in [3.63, 3.8) is 0 Å². The van der Waals surface area contributed by atoms with Gasteiger partial charge in [-0.3, -0.25) is 9.59 Å². The normalized spacial score (nSPS) is 11.8. The Morgan fingerprint density at radius 1 is 1.17 bits per heavy atom. The molecule has 5 nitrogen and oxygen atoms in total. The SMILES string of the molecule is COc1cc(NC(C)=O)c(Cl)cc1C(=O)NC(C)(C)CC(C)(C)C. The third-order valence-electron chi connectivity index (χ3n) is 3.27. The minimum atomic E-state index is -0.386. The predicted octanol–water partition coefficient (Wildman–Crippen LogP) is 4.25. The van der Waals surface area contributed by atoms with Crippen molar-refractivity contribution in [3.8, 4) is 5.75 Å². The molecule has 0 aromatic heterocycles. The highest BCUT2D eigenvalue weighted by molar-refractivity contribution is 6.34. The average molecular weight is 355 g/mol. The highest BCUT2D eigenvalue weighted by Crippen LogP contribution is 2.32. The van der Waals surface area contributed by atoms with Crippen molar-refractivity contribution >= 4 is 29.1 Å². The number of benzene rings is 1. The second-order valence-electron chi connectivity index (χ2n) is 7.79. The van der Waals surface area contributed by atoms with E-state index < -0.39 is 0 Å². The molecule has 24 heavy (non-hydrogen) atoms. The van der Waals surface area contributed by atoms with Crippen LogP contribution in [0.5, 0.6) is 5.75 Å². The number of hydrogen-bond acceptors (Lipinski definition) is 3. The minimum Gasteiger partial charge on any atom is -0.496 e. The van der Waals surface area contributed by atoms with Crippen LogP contribution in [-0.4, -0.2) is 24.5 Å². The second-order valence-corrected chi connectivity index (χ2v) is 8.20. The quantitative estimate of drug-likeness (QED) is 0.830. The monoisotopic (exact) mass is 354 g/mol. The summed E-state index contributed by atoms with van der Waals surface area (Å²) in [4.78, 5) is 23.9. The summed E-state index contributed by atoms with van der Waals surface area (Å²) in [6, 6.07) is 3.06. The average Bonchev–Trinajstić information content (AvgIpc) is 2.36. The van der Waals surface area contributed by atoms with Crippen molar-refractivity contribution in [2.75, 3.05) is 12.4 Å². The Bertz CT molecular complexity index is 634. The molecular weight excluding hydrogens is 328 g/mol. The first-order valence-electron chi connectivity index (χ1n) is 7.82. The molecule has 1 aromatic carbocycles. The van der Waals surface area contributed by atoms with Crippen LogP contribution in [0.4, 0.5) is 5.69 Å². The van der Waals surface area contributed by atoms with Crippen molar-refractivity contribution in [1.82, 2.24) is 5.32 Å². The van der Waals surface area contributed by atoms with Crippen LogP contribution in [0.15, 0.2) is 12.1 Å².